The van der Waals surface area contributed by atoms with E-state index in [1.165, 1.54) is 4.90 Å². The van der Waals surface area contributed by atoms with Gasteiger partial charge in [0.2, 0.25) is 5.91 Å². The van der Waals surface area contributed by atoms with Crippen LogP contribution in [0.15, 0.2) is 0 Å². The summed E-state index contributed by atoms with van der Waals surface area (Å²) in [7, 11) is 0. The molecule has 0 aromatic carbocycles. The molecule has 1 fully saturated rings. The molecule has 13 heavy (non-hydrogen) atoms. The topological polar surface area (TPSA) is 66.6 Å². The highest BCUT2D eigenvalue weighted by atomic mass is 16.3. The van der Waals surface area contributed by atoms with Gasteiger partial charge < -0.3 is 15.7 Å². The summed E-state index contributed by atoms with van der Waals surface area (Å²) in [6.07, 6.45) is 0.936. The maximum Gasteiger partial charge on any atom is 0.241 e. The van der Waals surface area contributed by atoms with Crippen LogP contribution in [0.1, 0.15) is 26.7 Å². The number of carbonyl (C=O) groups is 1. The average molecular weight is 186 g/mol. The summed E-state index contributed by atoms with van der Waals surface area (Å²) in [6, 6.07) is -0.479. The van der Waals surface area contributed by atoms with Crippen molar-refractivity contribution >= 4 is 5.91 Å². The zero-order valence-electron chi connectivity index (χ0n) is 8.23. The predicted molar refractivity (Wildman–Crippen MR) is 49.8 cm³/mol. The Bertz CT molecular complexity index is 194. The summed E-state index contributed by atoms with van der Waals surface area (Å²) in [6.45, 7) is 4.45. The van der Waals surface area contributed by atoms with Gasteiger partial charge in [0.05, 0.1) is 6.04 Å². The van der Waals surface area contributed by atoms with Gasteiger partial charge in [-0.25, -0.2) is 0 Å². The molecule has 0 aromatic rings. The van der Waals surface area contributed by atoms with Crippen LogP contribution in [0.4, 0.5) is 0 Å². The number of hydrogen-bond acceptors (Lipinski definition) is 3. The van der Waals surface area contributed by atoms with Crippen LogP contribution in [0.3, 0.4) is 0 Å². The minimum Gasteiger partial charge on any atom is -0.374 e. The molecule has 2 unspecified atom stereocenters. The summed E-state index contributed by atoms with van der Waals surface area (Å²) in [4.78, 5) is 13.1. The molecule has 1 heterocycles. The van der Waals surface area contributed by atoms with E-state index in [9.17, 15) is 9.90 Å². The Balaban J connectivity index is 2.56. The minimum absolute atomic E-state index is 0.125. The van der Waals surface area contributed by atoms with E-state index < -0.39 is 12.3 Å². The zero-order valence-corrected chi connectivity index (χ0v) is 8.23. The maximum absolute atomic E-state index is 11.6. The van der Waals surface area contributed by atoms with Crippen molar-refractivity contribution < 1.29 is 9.90 Å². The Morgan fingerprint density at radius 2 is 2.23 bits per heavy atom. The van der Waals surface area contributed by atoms with Crippen LogP contribution >= 0.6 is 0 Å². The lowest BCUT2D eigenvalue weighted by molar-refractivity contribution is -0.140. The normalized spacial score (nSPS) is 25.3. The first-order chi connectivity index (χ1) is 6.04. The van der Waals surface area contributed by atoms with Gasteiger partial charge in [0.15, 0.2) is 0 Å². The third-order valence-electron chi connectivity index (χ3n) is 2.51. The molecule has 0 radical (unpaired) electrons. The van der Waals surface area contributed by atoms with E-state index in [1.807, 2.05) is 13.8 Å². The number of hydrogen-bond donors (Lipinski definition) is 2. The van der Waals surface area contributed by atoms with E-state index in [0.717, 1.165) is 6.42 Å². The highest BCUT2D eigenvalue weighted by molar-refractivity contribution is 5.82. The van der Waals surface area contributed by atoms with Crippen molar-refractivity contribution in [3.63, 3.8) is 0 Å². The summed E-state index contributed by atoms with van der Waals surface area (Å²) >= 11 is 0. The van der Waals surface area contributed by atoms with Crippen LogP contribution in [0.5, 0.6) is 0 Å². The fraction of sp³-hybridized carbons (Fsp3) is 0.889. The summed E-state index contributed by atoms with van der Waals surface area (Å²) in [5.74, 6) is 0.000278. The molecule has 0 spiro atoms. The van der Waals surface area contributed by atoms with E-state index in [4.69, 9.17) is 5.73 Å². The first-order valence-corrected chi connectivity index (χ1v) is 4.78. The SMILES string of the molecule is CC(C)C(N)C(=O)N1CCCC1O. The minimum atomic E-state index is -0.614. The average Bonchev–Trinajstić information content (AvgIpc) is 2.48. The highest BCUT2D eigenvalue weighted by Gasteiger charge is 2.31. The molecule has 1 saturated heterocycles. The van der Waals surface area contributed by atoms with Crippen LogP contribution in [0.25, 0.3) is 0 Å². The number of likely N-dealkylation sites (tertiary alicyclic amines) is 1. The molecule has 1 amide bonds. The summed E-state index contributed by atoms with van der Waals surface area (Å²) in [5, 5.41) is 9.44. The molecule has 4 heteroatoms. The van der Waals surface area contributed by atoms with E-state index in [2.05, 4.69) is 0 Å². The molecule has 0 aliphatic carbocycles. The van der Waals surface area contributed by atoms with Crippen LogP contribution in [-0.4, -0.2) is 34.7 Å². The molecule has 1 rings (SSSR count). The Labute approximate surface area is 78.7 Å². The molecule has 1 aliphatic heterocycles. The maximum atomic E-state index is 11.6. The molecule has 1 aliphatic rings. The number of aliphatic hydroxyl groups is 1. The molecule has 76 valence electrons. The van der Waals surface area contributed by atoms with Crippen molar-refractivity contribution in [3.05, 3.63) is 0 Å². The summed E-state index contributed by atoms with van der Waals surface area (Å²) in [5.41, 5.74) is 5.70. The van der Waals surface area contributed by atoms with Crippen LogP contribution in [0, 0.1) is 5.92 Å². The third kappa shape index (κ3) is 2.19. The van der Waals surface area contributed by atoms with E-state index in [0.29, 0.717) is 13.0 Å². The number of carbonyl (C=O) groups excluding carboxylic acids is 1. The van der Waals surface area contributed by atoms with Crippen molar-refractivity contribution in [1.82, 2.24) is 4.90 Å². The monoisotopic (exact) mass is 186 g/mol. The lowest BCUT2D eigenvalue weighted by Gasteiger charge is -2.25. The van der Waals surface area contributed by atoms with Crippen LogP contribution < -0.4 is 5.73 Å². The fourth-order valence-corrected chi connectivity index (χ4v) is 1.48. The molecule has 3 N–H and O–H groups in total. The smallest absolute Gasteiger partial charge is 0.241 e. The van der Waals surface area contributed by atoms with Gasteiger partial charge in [-0.1, -0.05) is 13.8 Å². The second-order valence-electron chi connectivity index (χ2n) is 3.92. The Morgan fingerprint density at radius 1 is 1.62 bits per heavy atom. The van der Waals surface area contributed by atoms with Gasteiger partial charge in [0.1, 0.15) is 6.23 Å². The third-order valence-corrected chi connectivity index (χ3v) is 2.51. The molecule has 0 bridgehead atoms. The predicted octanol–water partition coefficient (Wildman–Crippen LogP) is -0.0895. The standard InChI is InChI=1S/C9H18N2O2/c1-6(2)8(10)9(13)11-5-3-4-7(11)12/h6-8,12H,3-5,10H2,1-2H3. The van der Waals surface area contributed by atoms with Crippen LogP contribution in [0.2, 0.25) is 0 Å². The van der Waals surface area contributed by atoms with Gasteiger partial charge in [-0.3, -0.25) is 4.79 Å². The largest absolute Gasteiger partial charge is 0.374 e. The number of amides is 1. The first kappa shape index (κ1) is 10.5. The van der Waals surface area contributed by atoms with Crippen molar-refractivity contribution in [1.29, 1.82) is 0 Å². The van der Waals surface area contributed by atoms with Gasteiger partial charge in [0, 0.05) is 6.54 Å². The Morgan fingerprint density at radius 3 is 2.62 bits per heavy atom. The van der Waals surface area contributed by atoms with Gasteiger partial charge in [-0.15, -0.1) is 0 Å². The Hall–Kier alpha value is -0.610. The molecule has 2 atom stereocenters. The van der Waals surface area contributed by atoms with E-state index in [1.54, 1.807) is 0 Å². The molecule has 0 saturated carbocycles. The van der Waals surface area contributed by atoms with Crippen LogP contribution in [-0.2, 0) is 4.79 Å². The fourth-order valence-electron chi connectivity index (χ4n) is 1.48. The molecule has 0 aromatic heterocycles. The number of nitrogens with two attached hydrogens (primary N) is 1. The van der Waals surface area contributed by atoms with Gasteiger partial charge >= 0.3 is 0 Å². The Kier molecular flexibility index (Phi) is 3.27. The lowest BCUT2D eigenvalue weighted by Crippen LogP contribution is -2.48. The molecular formula is C9H18N2O2. The van der Waals surface area contributed by atoms with Crippen molar-refractivity contribution in [2.24, 2.45) is 11.7 Å². The molecule has 4 nitrogen and oxygen atoms in total. The van der Waals surface area contributed by atoms with Gasteiger partial charge in [0.25, 0.3) is 0 Å². The van der Waals surface area contributed by atoms with Crippen molar-refractivity contribution in [2.75, 3.05) is 6.54 Å². The number of aliphatic hydroxyl groups excluding tert-OH is 1. The highest BCUT2D eigenvalue weighted by Crippen LogP contribution is 2.16. The lowest BCUT2D eigenvalue weighted by atomic mass is 10.0. The van der Waals surface area contributed by atoms with Gasteiger partial charge in [-0.2, -0.15) is 0 Å². The second kappa shape index (κ2) is 4.07. The van der Waals surface area contributed by atoms with E-state index in [-0.39, 0.29) is 11.8 Å². The summed E-state index contributed by atoms with van der Waals surface area (Å²) < 4.78 is 0. The van der Waals surface area contributed by atoms with Crippen molar-refractivity contribution in [3.8, 4) is 0 Å². The van der Waals surface area contributed by atoms with E-state index >= 15 is 0 Å². The van der Waals surface area contributed by atoms with Gasteiger partial charge in [-0.05, 0) is 18.8 Å². The van der Waals surface area contributed by atoms with Crippen molar-refractivity contribution in [2.45, 2.75) is 39.0 Å². The zero-order chi connectivity index (χ0) is 10.0. The second-order valence-corrected chi connectivity index (χ2v) is 3.92. The number of rotatable bonds is 2. The number of nitrogens with zero attached hydrogens (tertiary/aromatic N) is 1. The quantitative estimate of drug-likeness (QED) is 0.633. The first-order valence-electron chi connectivity index (χ1n) is 4.78. The molecular weight excluding hydrogens is 168 g/mol.